The van der Waals surface area contributed by atoms with E-state index in [1.165, 1.54) is 12.1 Å². The maximum absolute atomic E-state index is 13.1. The molecule has 3 N–H and O–H groups in total. The number of sulfonamides is 1. The number of hydrogen-bond donors (Lipinski definition) is 2. The molecule has 2 saturated heterocycles. The largest absolute Gasteiger partial charge is 0.378 e. The minimum absolute atomic E-state index is 0.0453. The Labute approximate surface area is 148 Å². The predicted molar refractivity (Wildman–Crippen MR) is 94.2 cm³/mol. The lowest BCUT2D eigenvalue weighted by molar-refractivity contribution is 0.0708. The van der Waals surface area contributed by atoms with Gasteiger partial charge in [0.05, 0.1) is 23.7 Å². The minimum atomic E-state index is -3.87. The molecule has 1 atom stereocenters. The molecule has 1 unspecified atom stereocenters. The van der Waals surface area contributed by atoms with Crippen LogP contribution in [0.3, 0.4) is 0 Å². The maximum atomic E-state index is 13.1. The fourth-order valence-corrected chi connectivity index (χ4v) is 3.77. The summed E-state index contributed by atoms with van der Waals surface area (Å²) in [5, 5.41) is 8.55. The minimum Gasteiger partial charge on any atom is -0.378 e. The number of primary sulfonamides is 1. The van der Waals surface area contributed by atoms with Gasteiger partial charge in [-0.3, -0.25) is 4.79 Å². The number of rotatable bonds is 3. The van der Waals surface area contributed by atoms with Crippen molar-refractivity contribution in [3.05, 3.63) is 23.8 Å². The average Bonchev–Trinajstić information content (AvgIpc) is 2.60. The van der Waals surface area contributed by atoms with Crippen LogP contribution in [-0.4, -0.2) is 71.2 Å². The standard InChI is InChI=1S/C16H24N4O4S/c1-12-11-20(5-4-18-12)16(21)14-10-13(25(17,22)23)2-3-15(14)19-6-8-24-9-7-19/h2-3,10,12,18H,4-9,11H2,1H3,(H2,17,22,23). The van der Waals surface area contributed by atoms with E-state index in [9.17, 15) is 13.2 Å². The molecule has 2 fully saturated rings. The summed E-state index contributed by atoms with van der Waals surface area (Å²) in [6.07, 6.45) is 0. The van der Waals surface area contributed by atoms with Crippen LogP contribution in [-0.2, 0) is 14.8 Å². The number of nitrogens with zero attached hydrogens (tertiary/aromatic N) is 2. The van der Waals surface area contributed by atoms with E-state index in [1.807, 2.05) is 6.92 Å². The highest BCUT2D eigenvalue weighted by molar-refractivity contribution is 7.89. The van der Waals surface area contributed by atoms with Gasteiger partial charge in [0.25, 0.3) is 5.91 Å². The molecule has 2 aliphatic rings. The zero-order valence-corrected chi connectivity index (χ0v) is 15.1. The second kappa shape index (κ2) is 7.28. The Bertz CT molecular complexity index is 747. The molecular weight excluding hydrogens is 344 g/mol. The summed E-state index contributed by atoms with van der Waals surface area (Å²) in [4.78, 5) is 16.9. The van der Waals surface area contributed by atoms with Gasteiger partial charge in [0.15, 0.2) is 0 Å². The number of carbonyl (C=O) groups excluding carboxylic acids is 1. The molecule has 0 bridgehead atoms. The van der Waals surface area contributed by atoms with Crippen LogP contribution in [0.25, 0.3) is 0 Å². The van der Waals surface area contributed by atoms with Gasteiger partial charge in [-0.1, -0.05) is 0 Å². The van der Waals surface area contributed by atoms with Crippen LogP contribution in [0.5, 0.6) is 0 Å². The zero-order valence-electron chi connectivity index (χ0n) is 14.3. The number of anilines is 1. The highest BCUT2D eigenvalue weighted by Crippen LogP contribution is 2.26. The van der Waals surface area contributed by atoms with Crippen LogP contribution in [0.15, 0.2) is 23.1 Å². The molecule has 1 aromatic carbocycles. The summed E-state index contributed by atoms with van der Waals surface area (Å²) in [6, 6.07) is 4.72. The Morgan fingerprint density at radius 3 is 2.64 bits per heavy atom. The van der Waals surface area contributed by atoms with Gasteiger partial charge < -0.3 is 19.9 Å². The van der Waals surface area contributed by atoms with Crippen LogP contribution >= 0.6 is 0 Å². The van der Waals surface area contributed by atoms with E-state index in [0.717, 1.165) is 5.69 Å². The van der Waals surface area contributed by atoms with Crippen molar-refractivity contribution in [2.45, 2.75) is 17.9 Å². The molecule has 0 spiro atoms. The van der Waals surface area contributed by atoms with Gasteiger partial charge in [-0.15, -0.1) is 0 Å². The first kappa shape index (κ1) is 18.1. The van der Waals surface area contributed by atoms with E-state index in [1.54, 1.807) is 11.0 Å². The van der Waals surface area contributed by atoms with Crippen molar-refractivity contribution < 1.29 is 17.9 Å². The SMILES string of the molecule is CC1CN(C(=O)c2cc(S(N)(=O)=O)ccc2N2CCOCC2)CCN1. The molecule has 2 aliphatic heterocycles. The third-order valence-corrected chi connectivity index (χ3v) is 5.45. The van der Waals surface area contributed by atoms with Gasteiger partial charge in [-0.05, 0) is 25.1 Å². The van der Waals surface area contributed by atoms with Gasteiger partial charge in [-0.25, -0.2) is 13.6 Å². The van der Waals surface area contributed by atoms with Crippen molar-refractivity contribution in [2.24, 2.45) is 5.14 Å². The summed E-state index contributed by atoms with van der Waals surface area (Å²) in [5.41, 5.74) is 1.11. The van der Waals surface area contributed by atoms with Crippen LogP contribution in [0.1, 0.15) is 17.3 Å². The molecule has 0 radical (unpaired) electrons. The number of hydrogen-bond acceptors (Lipinski definition) is 6. The van der Waals surface area contributed by atoms with E-state index in [-0.39, 0.29) is 16.8 Å². The maximum Gasteiger partial charge on any atom is 0.256 e. The van der Waals surface area contributed by atoms with Gasteiger partial charge in [0.1, 0.15) is 0 Å². The van der Waals surface area contributed by atoms with Crippen LogP contribution in [0.2, 0.25) is 0 Å². The lowest BCUT2D eigenvalue weighted by atomic mass is 10.1. The smallest absolute Gasteiger partial charge is 0.256 e. The number of amides is 1. The van der Waals surface area contributed by atoms with Gasteiger partial charge in [0.2, 0.25) is 10.0 Å². The predicted octanol–water partition coefficient (Wildman–Crippen LogP) is -0.395. The van der Waals surface area contributed by atoms with E-state index >= 15 is 0 Å². The molecule has 1 amide bonds. The zero-order chi connectivity index (χ0) is 18.0. The van der Waals surface area contributed by atoms with Crippen LogP contribution < -0.4 is 15.4 Å². The van der Waals surface area contributed by atoms with Crippen molar-refractivity contribution in [1.82, 2.24) is 10.2 Å². The molecule has 9 heteroatoms. The first-order valence-electron chi connectivity index (χ1n) is 8.38. The summed E-state index contributed by atoms with van der Waals surface area (Å²) < 4.78 is 28.8. The number of piperazine rings is 1. The fourth-order valence-electron chi connectivity index (χ4n) is 3.23. The lowest BCUT2D eigenvalue weighted by Gasteiger charge is -2.34. The molecular formula is C16H24N4O4S. The molecule has 2 heterocycles. The van der Waals surface area contributed by atoms with Gasteiger partial charge >= 0.3 is 0 Å². The number of morpholine rings is 1. The van der Waals surface area contributed by atoms with E-state index in [2.05, 4.69) is 10.2 Å². The van der Waals surface area contributed by atoms with Crippen molar-refractivity contribution in [3.63, 3.8) is 0 Å². The van der Waals surface area contributed by atoms with Crippen molar-refractivity contribution in [2.75, 3.05) is 50.8 Å². The molecule has 25 heavy (non-hydrogen) atoms. The summed E-state index contributed by atoms with van der Waals surface area (Å²) in [5.74, 6) is -0.166. The van der Waals surface area contributed by atoms with E-state index in [0.29, 0.717) is 51.5 Å². The molecule has 1 aromatic rings. The first-order chi connectivity index (χ1) is 11.9. The summed E-state index contributed by atoms with van der Waals surface area (Å²) >= 11 is 0. The van der Waals surface area contributed by atoms with Crippen LogP contribution in [0, 0.1) is 0 Å². The monoisotopic (exact) mass is 368 g/mol. The van der Waals surface area contributed by atoms with E-state index in [4.69, 9.17) is 9.88 Å². The lowest BCUT2D eigenvalue weighted by Crippen LogP contribution is -2.51. The third kappa shape index (κ3) is 4.12. The molecule has 138 valence electrons. The normalized spacial score (nSPS) is 22.1. The van der Waals surface area contributed by atoms with Crippen molar-refractivity contribution >= 4 is 21.6 Å². The molecule has 8 nitrogen and oxygen atoms in total. The topological polar surface area (TPSA) is 105 Å². The molecule has 0 aromatic heterocycles. The summed E-state index contributed by atoms with van der Waals surface area (Å²) in [6.45, 7) is 6.38. The van der Waals surface area contributed by atoms with Gasteiger partial charge in [0, 0.05) is 44.5 Å². The fraction of sp³-hybridized carbons (Fsp3) is 0.562. The van der Waals surface area contributed by atoms with Crippen LogP contribution in [0.4, 0.5) is 5.69 Å². The number of benzene rings is 1. The average molecular weight is 368 g/mol. The second-order valence-corrected chi connectivity index (χ2v) is 7.99. The summed E-state index contributed by atoms with van der Waals surface area (Å²) in [7, 11) is -3.87. The number of nitrogens with one attached hydrogen (secondary N) is 1. The Hall–Kier alpha value is -1.68. The van der Waals surface area contributed by atoms with Crippen molar-refractivity contribution in [3.8, 4) is 0 Å². The third-order valence-electron chi connectivity index (χ3n) is 4.53. The van der Waals surface area contributed by atoms with Gasteiger partial charge in [-0.2, -0.15) is 0 Å². The Morgan fingerprint density at radius 2 is 2.00 bits per heavy atom. The Morgan fingerprint density at radius 1 is 1.28 bits per heavy atom. The Balaban J connectivity index is 1.99. The molecule has 3 rings (SSSR count). The number of nitrogens with two attached hydrogens (primary N) is 1. The highest BCUT2D eigenvalue weighted by Gasteiger charge is 2.27. The number of carbonyl (C=O) groups is 1. The Kier molecular flexibility index (Phi) is 5.28. The first-order valence-corrected chi connectivity index (χ1v) is 9.93. The second-order valence-electron chi connectivity index (χ2n) is 6.43. The quantitative estimate of drug-likeness (QED) is 0.753. The molecule has 0 saturated carbocycles. The highest BCUT2D eigenvalue weighted by atomic mass is 32.2. The molecule has 0 aliphatic carbocycles. The van der Waals surface area contributed by atoms with Crippen molar-refractivity contribution in [1.29, 1.82) is 0 Å². The van der Waals surface area contributed by atoms with E-state index < -0.39 is 10.0 Å². The number of ether oxygens (including phenoxy) is 1.